The van der Waals surface area contributed by atoms with Crippen molar-refractivity contribution in [3.8, 4) is 0 Å². The van der Waals surface area contributed by atoms with Crippen molar-refractivity contribution in [1.82, 2.24) is 0 Å². The van der Waals surface area contributed by atoms with Crippen LogP contribution in [0.3, 0.4) is 0 Å². The molecule has 0 aliphatic heterocycles. The molecule has 0 spiro atoms. The zero-order valence-electron chi connectivity index (χ0n) is 11.6. The molecule has 1 aliphatic carbocycles. The van der Waals surface area contributed by atoms with Gasteiger partial charge < -0.3 is 5.73 Å². The molecule has 2 N–H and O–H groups in total. The van der Waals surface area contributed by atoms with Crippen LogP contribution >= 0.6 is 0 Å². The van der Waals surface area contributed by atoms with Crippen LogP contribution in [0.1, 0.15) is 37.7 Å². The van der Waals surface area contributed by atoms with Gasteiger partial charge in [-0.3, -0.25) is 0 Å². The lowest BCUT2D eigenvalue weighted by Crippen LogP contribution is -2.37. The second kappa shape index (κ2) is 6.61. The summed E-state index contributed by atoms with van der Waals surface area (Å²) in [5.74, 6) is -1.14. The first-order chi connectivity index (χ1) is 9.47. The highest BCUT2D eigenvalue weighted by molar-refractivity contribution is 5.14. The van der Waals surface area contributed by atoms with Crippen molar-refractivity contribution in [2.45, 2.75) is 50.7 Å². The molecule has 0 radical (unpaired) electrons. The van der Waals surface area contributed by atoms with Gasteiger partial charge in [0.15, 0.2) is 0 Å². The molecule has 0 amide bonds. The largest absolute Gasteiger partial charge is 0.391 e. The first-order valence-corrected chi connectivity index (χ1v) is 7.33. The van der Waals surface area contributed by atoms with Crippen molar-refractivity contribution in [2.24, 2.45) is 17.6 Å². The minimum Gasteiger partial charge on any atom is -0.327 e. The van der Waals surface area contributed by atoms with E-state index in [4.69, 9.17) is 5.73 Å². The summed E-state index contributed by atoms with van der Waals surface area (Å²) in [6, 6.07) is 9.85. The van der Waals surface area contributed by atoms with Crippen molar-refractivity contribution in [2.75, 3.05) is 0 Å². The van der Waals surface area contributed by atoms with E-state index in [-0.39, 0.29) is 24.8 Å². The Bertz CT molecular complexity index is 402. The summed E-state index contributed by atoms with van der Waals surface area (Å²) in [6.07, 6.45) is -0.493. The van der Waals surface area contributed by atoms with Crippen LogP contribution in [0.15, 0.2) is 30.3 Å². The second-order valence-electron chi connectivity index (χ2n) is 5.85. The average molecular weight is 285 g/mol. The lowest BCUT2D eigenvalue weighted by Gasteiger charge is -2.33. The Morgan fingerprint density at radius 3 is 2.50 bits per heavy atom. The highest BCUT2D eigenvalue weighted by atomic mass is 19.4. The molecule has 1 fully saturated rings. The zero-order valence-corrected chi connectivity index (χ0v) is 11.6. The molecule has 1 aromatic rings. The minimum absolute atomic E-state index is 0.0130. The Kier molecular flexibility index (Phi) is 5.08. The van der Waals surface area contributed by atoms with Gasteiger partial charge in [0.2, 0.25) is 0 Å². The molecule has 0 aromatic heterocycles. The van der Waals surface area contributed by atoms with Gasteiger partial charge in [-0.05, 0) is 43.6 Å². The van der Waals surface area contributed by atoms with E-state index in [9.17, 15) is 13.2 Å². The quantitative estimate of drug-likeness (QED) is 0.876. The van der Waals surface area contributed by atoms with Crippen LogP contribution in [0.4, 0.5) is 13.2 Å². The van der Waals surface area contributed by atoms with Crippen LogP contribution in [0, 0.1) is 11.8 Å². The Labute approximate surface area is 118 Å². The molecule has 2 rings (SSSR count). The number of hydrogen-bond donors (Lipinski definition) is 1. The molecular weight excluding hydrogens is 263 g/mol. The van der Waals surface area contributed by atoms with Crippen LogP contribution in [-0.2, 0) is 6.42 Å². The topological polar surface area (TPSA) is 26.0 Å². The van der Waals surface area contributed by atoms with Gasteiger partial charge in [-0.1, -0.05) is 36.8 Å². The smallest absolute Gasteiger partial charge is 0.327 e. The van der Waals surface area contributed by atoms with Crippen molar-refractivity contribution in [3.05, 3.63) is 35.9 Å². The SMILES string of the molecule is NC(CCc1ccccc1)C1CCCC(C(F)(F)F)C1. The molecule has 20 heavy (non-hydrogen) atoms. The number of halogens is 3. The number of nitrogens with two attached hydrogens (primary N) is 1. The first-order valence-electron chi connectivity index (χ1n) is 7.33. The van der Waals surface area contributed by atoms with Crippen LogP contribution in [0.5, 0.6) is 0 Å². The Morgan fingerprint density at radius 1 is 1.15 bits per heavy atom. The third-order valence-corrected chi connectivity index (χ3v) is 4.39. The van der Waals surface area contributed by atoms with Crippen LogP contribution in [0.25, 0.3) is 0 Å². The van der Waals surface area contributed by atoms with Gasteiger partial charge >= 0.3 is 6.18 Å². The van der Waals surface area contributed by atoms with Gasteiger partial charge in [-0.25, -0.2) is 0 Å². The number of hydrogen-bond acceptors (Lipinski definition) is 1. The van der Waals surface area contributed by atoms with Gasteiger partial charge in [0.05, 0.1) is 5.92 Å². The molecule has 1 nitrogen and oxygen atoms in total. The van der Waals surface area contributed by atoms with Crippen LogP contribution < -0.4 is 5.73 Å². The fraction of sp³-hybridized carbons (Fsp3) is 0.625. The van der Waals surface area contributed by atoms with Crippen molar-refractivity contribution < 1.29 is 13.2 Å². The number of rotatable bonds is 4. The molecule has 3 unspecified atom stereocenters. The first kappa shape index (κ1) is 15.4. The maximum Gasteiger partial charge on any atom is 0.391 e. The van der Waals surface area contributed by atoms with Crippen LogP contribution in [-0.4, -0.2) is 12.2 Å². The number of alkyl halides is 3. The fourth-order valence-corrected chi connectivity index (χ4v) is 3.13. The Balaban J connectivity index is 1.84. The summed E-state index contributed by atoms with van der Waals surface area (Å²) in [4.78, 5) is 0. The van der Waals surface area contributed by atoms with E-state index in [2.05, 4.69) is 0 Å². The molecule has 1 aliphatic rings. The maximum absolute atomic E-state index is 12.8. The lowest BCUT2D eigenvalue weighted by molar-refractivity contribution is -0.186. The van der Waals surface area contributed by atoms with E-state index in [0.29, 0.717) is 6.42 Å². The van der Waals surface area contributed by atoms with Gasteiger partial charge in [0.25, 0.3) is 0 Å². The monoisotopic (exact) mass is 285 g/mol. The Morgan fingerprint density at radius 2 is 1.85 bits per heavy atom. The summed E-state index contributed by atoms with van der Waals surface area (Å²) >= 11 is 0. The summed E-state index contributed by atoms with van der Waals surface area (Å²) < 4.78 is 38.4. The van der Waals surface area contributed by atoms with Crippen molar-refractivity contribution in [3.63, 3.8) is 0 Å². The standard InChI is InChI=1S/C16H22F3N/c17-16(18,19)14-8-4-7-13(11-14)15(20)10-9-12-5-2-1-3-6-12/h1-3,5-6,13-15H,4,7-11,20H2. The zero-order chi connectivity index (χ0) is 14.6. The molecule has 0 saturated heterocycles. The fourth-order valence-electron chi connectivity index (χ4n) is 3.13. The Hall–Kier alpha value is -1.03. The molecule has 112 valence electrons. The normalized spacial score (nSPS) is 25.4. The van der Waals surface area contributed by atoms with E-state index in [1.807, 2.05) is 30.3 Å². The summed E-state index contributed by atoms with van der Waals surface area (Å²) in [5.41, 5.74) is 7.33. The third kappa shape index (κ3) is 4.23. The highest BCUT2D eigenvalue weighted by Crippen LogP contribution is 2.41. The van der Waals surface area contributed by atoms with E-state index >= 15 is 0 Å². The van der Waals surface area contributed by atoms with Gasteiger partial charge in [-0.2, -0.15) is 13.2 Å². The van der Waals surface area contributed by atoms with Gasteiger partial charge in [-0.15, -0.1) is 0 Å². The van der Waals surface area contributed by atoms with E-state index in [0.717, 1.165) is 19.3 Å². The minimum atomic E-state index is -4.06. The lowest BCUT2D eigenvalue weighted by atomic mass is 9.76. The predicted molar refractivity (Wildman–Crippen MR) is 74.2 cm³/mol. The average Bonchev–Trinajstić information content (AvgIpc) is 2.45. The summed E-state index contributed by atoms with van der Waals surface area (Å²) in [6.45, 7) is 0. The predicted octanol–water partition coefficient (Wildman–Crippen LogP) is 4.32. The summed E-state index contributed by atoms with van der Waals surface area (Å²) in [7, 11) is 0. The van der Waals surface area contributed by atoms with Crippen LogP contribution in [0.2, 0.25) is 0 Å². The molecule has 0 bridgehead atoms. The maximum atomic E-state index is 12.8. The summed E-state index contributed by atoms with van der Waals surface area (Å²) in [5, 5.41) is 0. The molecular formula is C16H22F3N. The van der Waals surface area contributed by atoms with Crippen molar-refractivity contribution >= 4 is 0 Å². The molecule has 4 heteroatoms. The molecule has 1 aromatic carbocycles. The number of benzene rings is 1. The van der Waals surface area contributed by atoms with Gasteiger partial charge in [0.1, 0.15) is 0 Å². The molecule has 0 heterocycles. The highest BCUT2D eigenvalue weighted by Gasteiger charge is 2.42. The third-order valence-electron chi connectivity index (χ3n) is 4.39. The van der Waals surface area contributed by atoms with E-state index in [1.54, 1.807) is 0 Å². The number of aryl methyl sites for hydroxylation is 1. The van der Waals surface area contributed by atoms with E-state index in [1.165, 1.54) is 5.56 Å². The van der Waals surface area contributed by atoms with Crippen molar-refractivity contribution in [1.29, 1.82) is 0 Å². The molecule has 1 saturated carbocycles. The molecule has 3 atom stereocenters. The van der Waals surface area contributed by atoms with E-state index < -0.39 is 12.1 Å². The second-order valence-corrected chi connectivity index (χ2v) is 5.85. The van der Waals surface area contributed by atoms with Gasteiger partial charge in [0, 0.05) is 6.04 Å².